The topological polar surface area (TPSA) is 55.9 Å². The van der Waals surface area contributed by atoms with E-state index >= 15 is 0 Å². The standard InChI is InChI=1S/C11H16N4O/c1-8-6-10(14-16-8)7-13-9(2)11-12-4-5-15(11)3/h4-6,9,13H,7H2,1-3H3. The maximum Gasteiger partial charge on any atom is 0.133 e. The summed E-state index contributed by atoms with van der Waals surface area (Å²) >= 11 is 0. The molecule has 2 heterocycles. The molecule has 5 heteroatoms. The third-order valence-corrected chi connectivity index (χ3v) is 2.51. The molecule has 0 fully saturated rings. The summed E-state index contributed by atoms with van der Waals surface area (Å²) in [5.74, 6) is 1.85. The summed E-state index contributed by atoms with van der Waals surface area (Å²) in [6.07, 6.45) is 3.74. The van der Waals surface area contributed by atoms with Gasteiger partial charge in [-0.1, -0.05) is 5.16 Å². The van der Waals surface area contributed by atoms with Crippen molar-refractivity contribution in [1.29, 1.82) is 0 Å². The van der Waals surface area contributed by atoms with Gasteiger partial charge in [-0.05, 0) is 13.8 Å². The summed E-state index contributed by atoms with van der Waals surface area (Å²) in [7, 11) is 1.99. The molecule has 0 bridgehead atoms. The van der Waals surface area contributed by atoms with Crippen LogP contribution in [0.5, 0.6) is 0 Å². The van der Waals surface area contributed by atoms with Crippen LogP contribution < -0.4 is 5.32 Å². The smallest absolute Gasteiger partial charge is 0.133 e. The Morgan fingerprint density at radius 2 is 2.38 bits per heavy atom. The molecule has 86 valence electrons. The van der Waals surface area contributed by atoms with E-state index in [9.17, 15) is 0 Å². The number of hydrogen-bond acceptors (Lipinski definition) is 4. The van der Waals surface area contributed by atoms with Crippen molar-refractivity contribution in [3.63, 3.8) is 0 Å². The number of nitrogens with one attached hydrogen (secondary N) is 1. The molecule has 0 saturated heterocycles. The predicted molar refractivity (Wildman–Crippen MR) is 59.7 cm³/mol. The van der Waals surface area contributed by atoms with Gasteiger partial charge in [0.1, 0.15) is 11.6 Å². The van der Waals surface area contributed by atoms with E-state index in [1.54, 1.807) is 6.20 Å². The summed E-state index contributed by atoms with van der Waals surface area (Å²) in [6.45, 7) is 4.65. The van der Waals surface area contributed by atoms with Crippen LogP contribution in [0.2, 0.25) is 0 Å². The molecule has 16 heavy (non-hydrogen) atoms. The monoisotopic (exact) mass is 220 g/mol. The van der Waals surface area contributed by atoms with Gasteiger partial charge in [0.15, 0.2) is 0 Å². The second-order valence-electron chi connectivity index (χ2n) is 3.93. The Hall–Kier alpha value is -1.62. The quantitative estimate of drug-likeness (QED) is 0.849. The van der Waals surface area contributed by atoms with Gasteiger partial charge in [-0.15, -0.1) is 0 Å². The number of imidazole rings is 1. The lowest BCUT2D eigenvalue weighted by Gasteiger charge is -2.12. The first-order chi connectivity index (χ1) is 7.66. The second-order valence-corrected chi connectivity index (χ2v) is 3.93. The largest absolute Gasteiger partial charge is 0.361 e. The summed E-state index contributed by atoms with van der Waals surface area (Å²) in [6, 6.07) is 2.12. The van der Waals surface area contributed by atoms with Crippen molar-refractivity contribution in [2.45, 2.75) is 26.4 Å². The lowest BCUT2D eigenvalue weighted by atomic mass is 10.3. The molecule has 1 N–H and O–H groups in total. The van der Waals surface area contributed by atoms with Gasteiger partial charge >= 0.3 is 0 Å². The Labute approximate surface area is 94.5 Å². The molecule has 0 aliphatic carbocycles. The first-order valence-electron chi connectivity index (χ1n) is 5.29. The van der Waals surface area contributed by atoms with Crippen LogP contribution in [0.1, 0.15) is 30.2 Å². The van der Waals surface area contributed by atoms with Crippen LogP contribution in [0.15, 0.2) is 23.0 Å². The highest BCUT2D eigenvalue weighted by atomic mass is 16.5. The van der Waals surface area contributed by atoms with Crippen molar-refractivity contribution in [3.05, 3.63) is 35.7 Å². The van der Waals surface area contributed by atoms with E-state index in [1.165, 1.54) is 0 Å². The summed E-state index contributed by atoms with van der Waals surface area (Å²) in [5, 5.41) is 7.28. The Bertz CT molecular complexity index is 460. The highest BCUT2D eigenvalue weighted by Crippen LogP contribution is 2.09. The third-order valence-electron chi connectivity index (χ3n) is 2.51. The van der Waals surface area contributed by atoms with Gasteiger partial charge in [-0.2, -0.15) is 0 Å². The fraction of sp³-hybridized carbons (Fsp3) is 0.455. The number of hydrogen-bond donors (Lipinski definition) is 1. The first kappa shape index (κ1) is 10.9. The lowest BCUT2D eigenvalue weighted by molar-refractivity contribution is 0.385. The molecule has 0 aliphatic heterocycles. The zero-order valence-corrected chi connectivity index (χ0v) is 9.77. The Balaban J connectivity index is 1.93. The molecule has 0 aromatic carbocycles. The molecule has 5 nitrogen and oxygen atoms in total. The normalized spacial score (nSPS) is 12.9. The lowest BCUT2D eigenvalue weighted by Crippen LogP contribution is -2.21. The molecular formula is C11H16N4O. The fourth-order valence-corrected chi connectivity index (χ4v) is 1.64. The van der Waals surface area contributed by atoms with Gasteiger partial charge in [-0.3, -0.25) is 0 Å². The Morgan fingerprint density at radius 3 is 2.94 bits per heavy atom. The SMILES string of the molecule is Cc1cc(CNC(C)c2nccn2C)no1. The number of rotatable bonds is 4. The summed E-state index contributed by atoms with van der Waals surface area (Å²) < 4.78 is 7.01. The second kappa shape index (κ2) is 4.49. The van der Waals surface area contributed by atoms with Gasteiger partial charge in [0.2, 0.25) is 0 Å². The summed E-state index contributed by atoms with van der Waals surface area (Å²) in [4.78, 5) is 4.29. The molecular weight excluding hydrogens is 204 g/mol. The Kier molecular flexibility index (Phi) is 3.05. The third kappa shape index (κ3) is 2.30. The minimum absolute atomic E-state index is 0.192. The summed E-state index contributed by atoms with van der Waals surface area (Å²) in [5.41, 5.74) is 0.915. The fourth-order valence-electron chi connectivity index (χ4n) is 1.64. The van der Waals surface area contributed by atoms with Gasteiger partial charge in [-0.25, -0.2) is 4.98 Å². The van der Waals surface area contributed by atoms with Crippen molar-refractivity contribution >= 4 is 0 Å². The van der Waals surface area contributed by atoms with E-state index in [0.717, 1.165) is 17.3 Å². The van der Waals surface area contributed by atoms with Crippen LogP contribution in [-0.2, 0) is 13.6 Å². The molecule has 0 spiro atoms. The van der Waals surface area contributed by atoms with Crippen LogP contribution in [0, 0.1) is 6.92 Å². The Morgan fingerprint density at radius 1 is 1.56 bits per heavy atom. The van der Waals surface area contributed by atoms with Crippen molar-refractivity contribution in [2.75, 3.05) is 0 Å². The maximum absolute atomic E-state index is 5.00. The molecule has 0 radical (unpaired) electrons. The van der Waals surface area contributed by atoms with E-state index in [-0.39, 0.29) is 6.04 Å². The van der Waals surface area contributed by atoms with Gasteiger partial charge in [0.05, 0.1) is 11.7 Å². The molecule has 2 aromatic rings. The van der Waals surface area contributed by atoms with Crippen molar-refractivity contribution < 1.29 is 4.52 Å². The van der Waals surface area contributed by atoms with E-state index < -0.39 is 0 Å². The number of aryl methyl sites for hydroxylation is 2. The van der Waals surface area contributed by atoms with Gasteiger partial charge in [0, 0.05) is 32.1 Å². The molecule has 0 amide bonds. The highest BCUT2D eigenvalue weighted by Gasteiger charge is 2.10. The van der Waals surface area contributed by atoms with Crippen LogP contribution in [0.3, 0.4) is 0 Å². The van der Waals surface area contributed by atoms with E-state index in [0.29, 0.717) is 6.54 Å². The van der Waals surface area contributed by atoms with Gasteiger partial charge < -0.3 is 14.4 Å². The van der Waals surface area contributed by atoms with Crippen molar-refractivity contribution in [3.8, 4) is 0 Å². The molecule has 2 aromatic heterocycles. The first-order valence-corrected chi connectivity index (χ1v) is 5.29. The van der Waals surface area contributed by atoms with Crippen LogP contribution in [0.4, 0.5) is 0 Å². The zero-order chi connectivity index (χ0) is 11.5. The average molecular weight is 220 g/mol. The number of aromatic nitrogens is 3. The minimum Gasteiger partial charge on any atom is -0.361 e. The van der Waals surface area contributed by atoms with Crippen molar-refractivity contribution in [1.82, 2.24) is 20.0 Å². The van der Waals surface area contributed by atoms with Crippen LogP contribution in [-0.4, -0.2) is 14.7 Å². The van der Waals surface area contributed by atoms with Gasteiger partial charge in [0.25, 0.3) is 0 Å². The van der Waals surface area contributed by atoms with E-state index in [4.69, 9.17) is 4.52 Å². The van der Waals surface area contributed by atoms with E-state index in [1.807, 2.05) is 30.8 Å². The predicted octanol–water partition coefficient (Wildman–Crippen LogP) is 1.57. The molecule has 1 atom stereocenters. The average Bonchev–Trinajstić information content (AvgIpc) is 2.84. The molecule has 2 rings (SSSR count). The molecule has 1 unspecified atom stereocenters. The van der Waals surface area contributed by atoms with Crippen LogP contribution >= 0.6 is 0 Å². The minimum atomic E-state index is 0.192. The van der Waals surface area contributed by atoms with Crippen molar-refractivity contribution in [2.24, 2.45) is 7.05 Å². The maximum atomic E-state index is 5.00. The molecule has 0 aliphatic rings. The molecule has 0 saturated carbocycles. The van der Waals surface area contributed by atoms with E-state index in [2.05, 4.69) is 22.4 Å². The zero-order valence-electron chi connectivity index (χ0n) is 9.77. The van der Waals surface area contributed by atoms with Crippen LogP contribution in [0.25, 0.3) is 0 Å². The number of nitrogens with zero attached hydrogens (tertiary/aromatic N) is 3. The highest BCUT2D eigenvalue weighted by molar-refractivity contribution is 5.04.